The van der Waals surface area contributed by atoms with Crippen molar-refractivity contribution in [3.8, 4) is 0 Å². The third kappa shape index (κ3) is 2.78. The summed E-state index contributed by atoms with van der Waals surface area (Å²) in [7, 11) is 0. The lowest BCUT2D eigenvalue weighted by Crippen LogP contribution is -2.52. The fraction of sp³-hybridized carbons (Fsp3) is 0.529. The number of imide groups is 1. The first-order valence-corrected chi connectivity index (χ1v) is 7.78. The van der Waals surface area contributed by atoms with Crippen molar-refractivity contribution in [2.45, 2.75) is 45.4 Å². The highest BCUT2D eigenvalue weighted by atomic mass is 16.5. The van der Waals surface area contributed by atoms with Crippen LogP contribution in [0.25, 0.3) is 0 Å². The zero-order valence-electron chi connectivity index (χ0n) is 13.3. The van der Waals surface area contributed by atoms with Crippen molar-refractivity contribution in [3.05, 3.63) is 29.8 Å². The van der Waals surface area contributed by atoms with Gasteiger partial charge in [0.1, 0.15) is 0 Å². The van der Waals surface area contributed by atoms with Crippen LogP contribution in [0.4, 0.5) is 5.69 Å². The summed E-state index contributed by atoms with van der Waals surface area (Å²) < 4.78 is 5.71. The predicted molar refractivity (Wildman–Crippen MR) is 83.7 cm³/mol. The first kappa shape index (κ1) is 15.2. The lowest BCUT2D eigenvalue weighted by molar-refractivity contribution is -0.127. The van der Waals surface area contributed by atoms with Gasteiger partial charge < -0.3 is 4.74 Å². The highest BCUT2D eigenvalue weighted by Gasteiger charge is 2.44. The molecular weight excluding hydrogens is 280 g/mol. The normalized spacial score (nSPS) is 30.1. The Morgan fingerprint density at radius 1 is 1.05 bits per heavy atom. The summed E-state index contributed by atoms with van der Waals surface area (Å²) in [5, 5.41) is 0. The Labute approximate surface area is 130 Å². The van der Waals surface area contributed by atoms with Gasteiger partial charge in [-0.3, -0.25) is 14.5 Å². The second kappa shape index (κ2) is 5.82. The molecule has 2 aliphatic rings. The molecule has 0 aliphatic carbocycles. The van der Waals surface area contributed by atoms with Crippen molar-refractivity contribution in [3.63, 3.8) is 0 Å². The molecule has 3 atom stereocenters. The summed E-state index contributed by atoms with van der Waals surface area (Å²) in [6.07, 6.45) is 0.423. The zero-order valence-corrected chi connectivity index (χ0v) is 13.3. The van der Waals surface area contributed by atoms with E-state index in [0.717, 1.165) is 5.56 Å². The Bertz CT molecular complexity index is 574. The Hall–Kier alpha value is -1.72. The molecule has 2 saturated heterocycles. The molecule has 118 valence electrons. The Balaban J connectivity index is 1.80. The third-order valence-corrected chi connectivity index (χ3v) is 4.30. The van der Waals surface area contributed by atoms with Gasteiger partial charge in [-0.15, -0.1) is 0 Å². The molecule has 0 aromatic heterocycles. The molecular formula is C17H22N2O3. The minimum absolute atomic E-state index is 0.0834. The van der Waals surface area contributed by atoms with Crippen LogP contribution in [0.3, 0.4) is 0 Å². The summed E-state index contributed by atoms with van der Waals surface area (Å²) in [5.41, 5.74) is 1.77. The van der Waals surface area contributed by atoms with Crippen LogP contribution in [0.15, 0.2) is 24.3 Å². The van der Waals surface area contributed by atoms with E-state index in [4.69, 9.17) is 4.74 Å². The Morgan fingerprint density at radius 3 is 2.23 bits per heavy atom. The van der Waals surface area contributed by atoms with Gasteiger partial charge in [0.05, 0.1) is 30.4 Å². The van der Waals surface area contributed by atoms with E-state index in [1.807, 2.05) is 45.0 Å². The molecule has 0 bridgehead atoms. The number of ether oxygens (including phenoxy) is 1. The van der Waals surface area contributed by atoms with Gasteiger partial charge in [-0.25, -0.2) is 4.90 Å². The molecule has 0 unspecified atom stereocenters. The van der Waals surface area contributed by atoms with Crippen LogP contribution in [0.5, 0.6) is 0 Å². The van der Waals surface area contributed by atoms with Crippen LogP contribution in [-0.2, 0) is 14.3 Å². The molecule has 2 heterocycles. The second-order valence-electron chi connectivity index (χ2n) is 6.33. The largest absolute Gasteiger partial charge is 0.373 e. The lowest BCUT2D eigenvalue weighted by atomic mass is 10.1. The number of carbonyl (C=O) groups is 2. The van der Waals surface area contributed by atoms with Crippen LogP contribution in [-0.4, -0.2) is 48.1 Å². The fourth-order valence-corrected chi connectivity index (χ4v) is 3.34. The first-order chi connectivity index (χ1) is 10.5. The van der Waals surface area contributed by atoms with Gasteiger partial charge in [-0.1, -0.05) is 17.7 Å². The minimum Gasteiger partial charge on any atom is -0.373 e. The Kier molecular flexibility index (Phi) is 4.02. The van der Waals surface area contributed by atoms with Gasteiger partial charge in [-0.05, 0) is 32.9 Å². The maximum Gasteiger partial charge on any atom is 0.251 e. The molecule has 2 amide bonds. The number of benzene rings is 1. The summed E-state index contributed by atoms with van der Waals surface area (Å²) in [6, 6.07) is 7.14. The van der Waals surface area contributed by atoms with Gasteiger partial charge in [0.2, 0.25) is 5.91 Å². The lowest BCUT2D eigenvalue weighted by Gasteiger charge is -2.37. The molecule has 0 saturated carbocycles. The van der Waals surface area contributed by atoms with Gasteiger partial charge >= 0.3 is 0 Å². The van der Waals surface area contributed by atoms with Crippen LogP contribution in [0.2, 0.25) is 0 Å². The Morgan fingerprint density at radius 2 is 1.64 bits per heavy atom. The summed E-state index contributed by atoms with van der Waals surface area (Å²) in [6.45, 7) is 7.37. The summed E-state index contributed by atoms with van der Waals surface area (Å²) in [5.74, 6) is -0.235. The molecule has 2 aliphatic heterocycles. The van der Waals surface area contributed by atoms with E-state index in [9.17, 15) is 9.59 Å². The average molecular weight is 302 g/mol. The van der Waals surface area contributed by atoms with Crippen LogP contribution in [0.1, 0.15) is 25.8 Å². The zero-order chi connectivity index (χ0) is 15.9. The molecule has 1 aromatic carbocycles. The van der Waals surface area contributed by atoms with Crippen molar-refractivity contribution in [2.75, 3.05) is 18.0 Å². The van der Waals surface area contributed by atoms with Gasteiger partial charge in [0.15, 0.2) is 0 Å². The van der Waals surface area contributed by atoms with Crippen molar-refractivity contribution in [1.82, 2.24) is 4.90 Å². The van der Waals surface area contributed by atoms with E-state index < -0.39 is 0 Å². The topological polar surface area (TPSA) is 49.9 Å². The quantitative estimate of drug-likeness (QED) is 0.781. The second-order valence-corrected chi connectivity index (χ2v) is 6.33. The molecule has 0 N–H and O–H groups in total. The number of hydrogen-bond donors (Lipinski definition) is 0. The smallest absolute Gasteiger partial charge is 0.251 e. The van der Waals surface area contributed by atoms with Crippen molar-refractivity contribution >= 4 is 17.5 Å². The number of hydrogen-bond acceptors (Lipinski definition) is 4. The molecule has 3 rings (SSSR count). The highest BCUT2D eigenvalue weighted by Crippen LogP contribution is 2.27. The standard InChI is InChI=1S/C17H22N2O3/c1-11-4-6-14(7-5-11)19-16(20)8-15(17(19)21)18-9-12(2)22-13(3)10-18/h4-7,12-13,15H,8-10H2,1-3H3/t12-,13-,15+/m1/s1. The number of aryl methyl sites for hydroxylation is 1. The number of nitrogens with zero attached hydrogens (tertiary/aromatic N) is 2. The number of carbonyl (C=O) groups excluding carboxylic acids is 2. The molecule has 22 heavy (non-hydrogen) atoms. The van der Waals surface area contributed by atoms with E-state index in [0.29, 0.717) is 18.8 Å². The summed E-state index contributed by atoms with van der Waals surface area (Å²) >= 11 is 0. The van der Waals surface area contributed by atoms with E-state index in [1.54, 1.807) is 0 Å². The highest BCUT2D eigenvalue weighted by molar-refractivity contribution is 6.22. The maximum atomic E-state index is 12.7. The number of morpholine rings is 1. The molecule has 2 fully saturated rings. The maximum absolute atomic E-state index is 12.7. The van der Waals surface area contributed by atoms with Crippen LogP contribution < -0.4 is 4.90 Å². The average Bonchev–Trinajstić information content (AvgIpc) is 2.74. The predicted octanol–water partition coefficient (Wildman–Crippen LogP) is 1.74. The van der Waals surface area contributed by atoms with Gasteiger partial charge in [-0.2, -0.15) is 0 Å². The van der Waals surface area contributed by atoms with Gasteiger partial charge in [0.25, 0.3) is 5.91 Å². The van der Waals surface area contributed by atoms with Gasteiger partial charge in [0, 0.05) is 13.1 Å². The van der Waals surface area contributed by atoms with Crippen LogP contribution in [0, 0.1) is 6.92 Å². The van der Waals surface area contributed by atoms with Crippen molar-refractivity contribution < 1.29 is 14.3 Å². The number of amides is 2. The molecule has 5 nitrogen and oxygen atoms in total. The minimum atomic E-state index is -0.359. The van der Waals surface area contributed by atoms with Crippen molar-refractivity contribution in [1.29, 1.82) is 0 Å². The number of rotatable bonds is 2. The molecule has 5 heteroatoms. The van der Waals surface area contributed by atoms with E-state index in [-0.39, 0.29) is 36.5 Å². The van der Waals surface area contributed by atoms with Crippen molar-refractivity contribution in [2.24, 2.45) is 0 Å². The van der Waals surface area contributed by atoms with E-state index >= 15 is 0 Å². The first-order valence-electron chi connectivity index (χ1n) is 7.78. The SMILES string of the molecule is Cc1ccc(N2C(=O)C[C@H](N3C[C@@H](C)O[C@H](C)C3)C2=O)cc1. The van der Waals surface area contributed by atoms with Crippen LogP contribution >= 0.6 is 0 Å². The molecule has 1 aromatic rings. The van der Waals surface area contributed by atoms with E-state index in [1.165, 1.54) is 4.90 Å². The molecule has 0 spiro atoms. The monoisotopic (exact) mass is 302 g/mol. The fourth-order valence-electron chi connectivity index (χ4n) is 3.34. The van der Waals surface area contributed by atoms with E-state index in [2.05, 4.69) is 4.90 Å². The summed E-state index contributed by atoms with van der Waals surface area (Å²) in [4.78, 5) is 28.5. The number of anilines is 1. The molecule has 0 radical (unpaired) electrons. The third-order valence-electron chi connectivity index (χ3n) is 4.30.